The van der Waals surface area contributed by atoms with Crippen LogP contribution in [-0.4, -0.2) is 70.5 Å². The summed E-state index contributed by atoms with van der Waals surface area (Å²) in [5, 5.41) is 8.78. The minimum Gasteiger partial charge on any atom is -0.453 e. The molecule has 2 aromatic carbocycles. The van der Waals surface area contributed by atoms with Crippen molar-refractivity contribution in [3.63, 3.8) is 0 Å². The maximum absolute atomic E-state index is 13.2. The standard InChI is InChI=1S/C40H54N8O6/c1-22(2)32(46-38(49)34(24(5)6)43-21-54-53-10)36-41-19-30(44-36)28-15-11-26(12-16-28)27-13-17-29(18-14-27)31-20-42-37(45-31)33(23(3)4)47-39(50)35(25(7)8)48-40(51)52-9/h11-25,32-35H,1-10H3,(H,41,44)(H,42,45)(H,46,49)(H,47,50)(H,48,51)/b43-21-/t32-,33-,34+,35+/m1/s1. The predicted molar refractivity (Wildman–Crippen MR) is 208 cm³/mol. The maximum Gasteiger partial charge on any atom is 0.407 e. The van der Waals surface area contributed by atoms with Crippen molar-refractivity contribution >= 4 is 24.3 Å². The molecule has 14 nitrogen and oxygen atoms in total. The molecule has 0 radical (unpaired) electrons. The van der Waals surface area contributed by atoms with E-state index in [2.05, 4.69) is 70.0 Å². The number of hydrogen-bond donors (Lipinski definition) is 5. The Bertz CT molecular complexity index is 1850. The lowest BCUT2D eigenvalue weighted by atomic mass is 10.00. The molecule has 0 fully saturated rings. The van der Waals surface area contributed by atoms with Crippen LogP contribution in [0.3, 0.4) is 0 Å². The van der Waals surface area contributed by atoms with Gasteiger partial charge in [-0.1, -0.05) is 104 Å². The summed E-state index contributed by atoms with van der Waals surface area (Å²) in [6, 6.07) is 14.2. The Morgan fingerprint density at radius 3 is 1.46 bits per heavy atom. The molecule has 14 heteroatoms. The number of aromatic nitrogens is 4. The van der Waals surface area contributed by atoms with Gasteiger partial charge in [0, 0.05) is 0 Å². The summed E-state index contributed by atoms with van der Waals surface area (Å²) in [6.45, 7) is 15.6. The van der Waals surface area contributed by atoms with E-state index in [0.717, 1.165) is 40.0 Å². The first-order valence-corrected chi connectivity index (χ1v) is 18.2. The fourth-order valence-corrected chi connectivity index (χ4v) is 5.95. The summed E-state index contributed by atoms with van der Waals surface area (Å²) in [7, 11) is 2.64. The molecule has 0 aliphatic rings. The van der Waals surface area contributed by atoms with Gasteiger partial charge < -0.3 is 35.5 Å². The van der Waals surface area contributed by atoms with Gasteiger partial charge >= 0.3 is 6.09 Å². The zero-order valence-corrected chi connectivity index (χ0v) is 32.8. The fraction of sp³-hybridized carbons (Fsp3) is 0.450. The van der Waals surface area contributed by atoms with Gasteiger partial charge in [0.2, 0.25) is 18.2 Å². The van der Waals surface area contributed by atoms with Gasteiger partial charge in [-0.25, -0.2) is 19.8 Å². The van der Waals surface area contributed by atoms with Crippen LogP contribution in [0.2, 0.25) is 0 Å². The first-order chi connectivity index (χ1) is 25.7. The number of nitrogens with one attached hydrogen (secondary N) is 5. The van der Waals surface area contributed by atoms with E-state index in [0.29, 0.717) is 11.6 Å². The Kier molecular flexibility index (Phi) is 14.5. The van der Waals surface area contributed by atoms with Crippen molar-refractivity contribution in [1.29, 1.82) is 0 Å². The Hall–Kier alpha value is -5.50. The van der Waals surface area contributed by atoms with Crippen LogP contribution in [0.15, 0.2) is 65.9 Å². The highest BCUT2D eigenvalue weighted by atomic mass is 17.2. The van der Waals surface area contributed by atoms with Crippen molar-refractivity contribution < 1.29 is 28.9 Å². The third kappa shape index (κ3) is 10.6. The molecule has 0 saturated heterocycles. The molecule has 290 valence electrons. The number of H-pyrrole nitrogens is 2. The summed E-state index contributed by atoms with van der Waals surface area (Å²) in [4.78, 5) is 67.8. The third-order valence-corrected chi connectivity index (χ3v) is 9.10. The third-order valence-electron chi connectivity index (χ3n) is 9.10. The molecule has 0 saturated carbocycles. The lowest BCUT2D eigenvalue weighted by molar-refractivity contribution is -0.188. The van der Waals surface area contributed by atoms with Crippen LogP contribution in [0.25, 0.3) is 33.6 Å². The van der Waals surface area contributed by atoms with Gasteiger partial charge in [-0.15, -0.1) is 0 Å². The van der Waals surface area contributed by atoms with Crippen molar-refractivity contribution in [3.8, 4) is 33.6 Å². The SMILES string of the molecule is COO/C=N\[C@H](C(=O)N[C@@H](c1ncc(-c2ccc(-c3ccc(-c4cnc([C@H](NC(=O)[C@@H](NC(=O)OC)C(C)C)C(C)C)[nH]4)cc3)cc2)[nH]1)C(C)C)C(C)C. The van der Waals surface area contributed by atoms with E-state index in [4.69, 9.17) is 9.62 Å². The fourth-order valence-electron chi connectivity index (χ4n) is 5.95. The van der Waals surface area contributed by atoms with E-state index in [1.54, 1.807) is 12.4 Å². The monoisotopic (exact) mass is 742 g/mol. The van der Waals surface area contributed by atoms with Gasteiger partial charge in [0.25, 0.3) is 0 Å². The Morgan fingerprint density at radius 1 is 0.630 bits per heavy atom. The normalized spacial score (nSPS) is 14.0. The molecule has 54 heavy (non-hydrogen) atoms. The van der Waals surface area contributed by atoms with Gasteiger partial charge in [0.15, 0.2) is 0 Å². The summed E-state index contributed by atoms with van der Waals surface area (Å²) in [5.41, 5.74) is 5.65. The minimum atomic E-state index is -0.755. The Morgan fingerprint density at radius 2 is 1.07 bits per heavy atom. The van der Waals surface area contributed by atoms with Crippen LogP contribution in [-0.2, 0) is 24.1 Å². The second-order valence-electron chi connectivity index (χ2n) is 14.5. The molecule has 2 aromatic heterocycles. The van der Waals surface area contributed by atoms with Crippen molar-refractivity contribution in [1.82, 2.24) is 35.9 Å². The lowest BCUT2D eigenvalue weighted by Gasteiger charge is -2.26. The van der Waals surface area contributed by atoms with E-state index in [1.807, 2.05) is 79.7 Å². The van der Waals surface area contributed by atoms with Crippen LogP contribution in [0, 0.1) is 23.7 Å². The van der Waals surface area contributed by atoms with Gasteiger partial charge in [-0.2, -0.15) is 4.89 Å². The minimum absolute atomic E-state index is 0.0278. The second kappa shape index (κ2) is 19.0. The number of amides is 3. The van der Waals surface area contributed by atoms with Gasteiger partial charge in [-0.3, -0.25) is 9.59 Å². The summed E-state index contributed by atoms with van der Waals surface area (Å²) >= 11 is 0. The quantitative estimate of drug-likeness (QED) is 0.0340. The average molecular weight is 743 g/mol. The number of hydrogen-bond acceptors (Lipinski definition) is 9. The molecule has 0 bridgehead atoms. The van der Waals surface area contributed by atoms with Crippen LogP contribution >= 0.6 is 0 Å². The number of nitrogens with zero attached hydrogens (tertiary/aromatic N) is 3. The lowest BCUT2D eigenvalue weighted by Crippen LogP contribution is -2.51. The molecule has 4 rings (SSSR count). The number of imidazole rings is 2. The van der Waals surface area contributed by atoms with E-state index >= 15 is 0 Å². The predicted octanol–water partition coefficient (Wildman–Crippen LogP) is 6.77. The topological polar surface area (TPSA) is 185 Å². The van der Waals surface area contributed by atoms with Crippen LogP contribution in [0.1, 0.15) is 79.1 Å². The van der Waals surface area contributed by atoms with E-state index < -0.39 is 24.2 Å². The van der Waals surface area contributed by atoms with E-state index in [-0.39, 0.29) is 41.5 Å². The number of rotatable bonds is 17. The van der Waals surface area contributed by atoms with Gasteiger partial charge in [0.1, 0.15) is 23.7 Å². The molecule has 4 atom stereocenters. The highest BCUT2D eigenvalue weighted by Gasteiger charge is 2.30. The average Bonchev–Trinajstić information content (AvgIpc) is 3.84. The zero-order chi connectivity index (χ0) is 39.5. The van der Waals surface area contributed by atoms with Crippen LogP contribution in [0.5, 0.6) is 0 Å². The smallest absolute Gasteiger partial charge is 0.407 e. The van der Waals surface area contributed by atoms with Crippen molar-refractivity contribution in [2.24, 2.45) is 28.7 Å². The Balaban J connectivity index is 1.44. The number of methoxy groups -OCH3 is 1. The number of ether oxygens (including phenoxy) is 1. The van der Waals surface area contributed by atoms with E-state index in [1.165, 1.54) is 14.2 Å². The molecular weight excluding hydrogens is 688 g/mol. The van der Waals surface area contributed by atoms with Crippen LogP contribution in [0.4, 0.5) is 4.79 Å². The molecular formula is C40H54N8O6. The summed E-state index contributed by atoms with van der Waals surface area (Å²) < 4.78 is 4.70. The molecule has 3 amide bonds. The van der Waals surface area contributed by atoms with Gasteiger partial charge in [-0.05, 0) is 45.9 Å². The van der Waals surface area contributed by atoms with Gasteiger partial charge in [0.05, 0.1) is 50.1 Å². The highest BCUT2D eigenvalue weighted by Crippen LogP contribution is 2.29. The largest absolute Gasteiger partial charge is 0.453 e. The molecule has 0 aliphatic carbocycles. The molecule has 0 unspecified atom stereocenters. The zero-order valence-electron chi connectivity index (χ0n) is 32.8. The van der Waals surface area contributed by atoms with Crippen molar-refractivity contribution in [2.75, 3.05) is 14.2 Å². The highest BCUT2D eigenvalue weighted by molar-refractivity contribution is 5.86. The summed E-state index contributed by atoms with van der Waals surface area (Å²) in [6.07, 6.45) is 4.02. The molecule has 4 aromatic rings. The maximum atomic E-state index is 13.2. The molecule has 0 aliphatic heterocycles. The summed E-state index contributed by atoms with van der Waals surface area (Å²) in [5.74, 6) is 0.641. The first-order valence-electron chi connectivity index (χ1n) is 18.2. The first kappa shape index (κ1) is 41.3. The molecule has 5 N–H and O–H groups in total. The van der Waals surface area contributed by atoms with Crippen molar-refractivity contribution in [2.45, 2.75) is 79.6 Å². The number of carbonyl (C=O) groups excluding carboxylic acids is 3. The number of alkyl carbamates (subject to hydrolysis) is 1. The number of carbonyl (C=O) groups is 3. The number of aromatic amines is 2. The van der Waals surface area contributed by atoms with Crippen molar-refractivity contribution in [3.05, 3.63) is 72.6 Å². The second-order valence-corrected chi connectivity index (χ2v) is 14.5. The number of benzene rings is 2. The molecule has 2 heterocycles. The molecule has 0 spiro atoms. The van der Waals surface area contributed by atoms with E-state index in [9.17, 15) is 14.4 Å². The Labute approximate surface area is 317 Å². The van der Waals surface area contributed by atoms with Crippen LogP contribution < -0.4 is 16.0 Å². The number of aliphatic imine (C=N–C) groups is 1.